The van der Waals surface area contributed by atoms with Crippen LogP contribution in [0.15, 0.2) is 23.1 Å². The number of nitrogens with one attached hydrogen (secondary N) is 1. The molecule has 0 aliphatic rings. The van der Waals surface area contributed by atoms with E-state index in [-0.39, 0.29) is 12.3 Å². The minimum absolute atomic E-state index is 0.172. The van der Waals surface area contributed by atoms with E-state index in [1.807, 2.05) is 0 Å². The molecular weight excluding hydrogens is 286 g/mol. The maximum absolute atomic E-state index is 12.2. The Labute approximate surface area is 117 Å². The number of nitro groups is 1. The Morgan fingerprint density at radius 1 is 1.50 bits per heavy atom. The van der Waals surface area contributed by atoms with Crippen LogP contribution in [0.2, 0.25) is 0 Å². The number of sulfonamides is 1. The summed E-state index contributed by atoms with van der Waals surface area (Å²) in [4.78, 5) is 9.69. The van der Waals surface area contributed by atoms with Crippen molar-refractivity contribution in [1.82, 2.24) is 4.72 Å². The van der Waals surface area contributed by atoms with Crippen LogP contribution in [-0.4, -0.2) is 32.6 Å². The molecule has 0 aliphatic heterocycles. The summed E-state index contributed by atoms with van der Waals surface area (Å²) < 4.78 is 31.7. The van der Waals surface area contributed by atoms with Crippen LogP contribution >= 0.6 is 0 Å². The molecule has 8 nitrogen and oxygen atoms in total. The van der Waals surface area contributed by atoms with E-state index in [2.05, 4.69) is 4.72 Å². The summed E-state index contributed by atoms with van der Waals surface area (Å²) in [5.41, 5.74) is 4.65. The molecule has 0 saturated carbocycles. The Balaban J connectivity index is 3.10. The number of nitrogen functional groups attached to an aromatic ring is 1. The quantitative estimate of drug-likeness (QED) is 0.437. The summed E-state index contributed by atoms with van der Waals surface area (Å²) >= 11 is 0. The Morgan fingerprint density at radius 3 is 2.70 bits per heavy atom. The molecule has 0 fully saturated rings. The summed E-state index contributed by atoms with van der Waals surface area (Å²) in [5, 5.41) is 11.0. The second kappa shape index (κ2) is 6.64. The van der Waals surface area contributed by atoms with E-state index in [1.165, 1.54) is 12.1 Å². The summed E-state index contributed by atoms with van der Waals surface area (Å²) in [7, 11) is -4.04. The van der Waals surface area contributed by atoms with Crippen LogP contribution in [0.4, 0.5) is 11.4 Å². The maximum atomic E-state index is 12.2. The number of hydrogen-bond acceptors (Lipinski definition) is 6. The molecule has 0 saturated heterocycles. The van der Waals surface area contributed by atoms with Crippen molar-refractivity contribution in [3.8, 4) is 0 Å². The number of nitrogens with two attached hydrogens (primary N) is 1. The van der Waals surface area contributed by atoms with Gasteiger partial charge >= 0.3 is 5.69 Å². The zero-order valence-electron chi connectivity index (χ0n) is 11.2. The van der Waals surface area contributed by atoms with Gasteiger partial charge in [0.1, 0.15) is 5.69 Å². The van der Waals surface area contributed by atoms with Gasteiger partial charge in [0, 0.05) is 12.6 Å². The van der Waals surface area contributed by atoms with Crippen LogP contribution in [-0.2, 0) is 14.8 Å². The minimum atomic E-state index is -4.04. The third kappa shape index (κ3) is 3.89. The lowest BCUT2D eigenvalue weighted by Crippen LogP contribution is -2.36. The highest BCUT2D eigenvalue weighted by Gasteiger charge is 2.29. The van der Waals surface area contributed by atoms with Gasteiger partial charge in [-0.1, -0.05) is 6.07 Å². The van der Waals surface area contributed by atoms with Crippen molar-refractivity contribution in [3.63, 3.8) is 0 Å². The third-order valence-electron chi connectivity index (χ3n) is 2.43. The fourth-order valence-corrected chi connectivity index (χ4v) is 3.04. The highest BCUT2D eigenvalue weighted by Crippen LogP contribution is 2.29. The molecule has 0 aliphatic carbocycles. The number of benzene rings is 1. The molecule has 0 spiro atoms. The molecule has 1 aromatic carbocycles. The largest absolute Gasteiger partial charge is 0.393 e. The van der Waals surface area contributed by atoms with Gasteiger partial charge in [-0.15, -0.1) is 0 Å². The van der Waals surface area contributed by atoms with Gasteiger partial charge in [-0.25, -0.2) is 13.1 Å². The van der Waals surface area contributed by atoms with Crippen molar-refractivity contribution in [2.75, 3.05) is 18.9 Å². The highest BCUT2D eigenvalue weighted by molar-refractivity contribution is 7.89. The van der Waals surface area contributed by atoms with Crippen molar-refractivity contribution < 1.29 is 18.1 Å². The van der Waals surface area contributed by atoms with Crippen LogP contribution in [0.3, 0.4) is 0 Å². The molecule has 0 aromatic heterocycles. The lowest BCUT2D eigenvalue weighted by atomic mass is 10.3. The normalized spacial score (nSPS) is 13.1. The number of para-hydroxylation sites is 1. The first kappa shape index (κ1) is 16.3. The first-order valence-electron chi connectivity index (χ1n) is 5.92. The molecule has 0 bridgehead atoms. The number of nitro benzene ring substituents is 1. The predicted octanol–water partition coefficient (Wildman–Crippen LogP) is 0.880. The zero-order chi connectivity index (χ0) is 15.3. The van der Waals surface area contributed by atoms with Gasteiger partial charge in [-0.05, 0) is 26.0 Å². The molecule has 20 heavy (non-hydrogen) atoms. The monoisotopic (exact) mass is 303 g/mol. The van der Waals surface area contributed by atoms with E-state index in [1.54, 1.807) is 13.8 Å². The average Bonchev–Trinajstić information content (AvgIpc) is 2.35. The van der Waals surface area contributed by atoms with Gasteiger partial charge in [-0.3, -0.25) is 10.1 Å². The fourth-order valence-electron chi connectivity index (χ4n) is 1.61. The Bertz CT molecular complexity index is 588. The molecule has 0 radical (unpaired) electrons. The van der Waals surface area contributed by atoms with Crippen LogP contribution in [0.25, 0.3) is 0 Å². The molecule has 0 amide bonds. The van der Waals surface area contributed by atoms with E-state index in [4.69, 9.17) is 10.5 Å². The van der Waals surface area contributed by atoms with Crippen molar-refractivity contribution >= 4 is 21.4 Å². The molecule has 112 valence electrons. The lowest BCUT2D eigenvalue weighted by molar-refractivity contribution is -0.386. The van der Waals surface area contributed by atoms with Crippen LogP contribution in [0, 0.1) is 10.1 Å². The van der Waals surface area contributed by atoms with Crippen molar-refractivity contribution in [3.05, 3.63) is 28.3 Å². The fraction of sp³-hybridized carbons (Fsp3) is 0.455. The highest BCUT2D eigenvalue weighted by atomic mass is 32.2. The SMILES string of the molecule is CCOCC(C)NS(=O)(=O)c1cccc(N)c1[N+](=O)[O-]. The second-order valence-corrected chi connectivity index (χ2v) is 5.82. The number of rotatable bonds is 7. The second-order valence-electron chi connectivity index (χ2n) is 4.13. The summed E-state index contributed by atoms with van der Waals surface area (Å²) in [6.07, 6.45) is 0. The van der Waals surface area contributed by atoms with Crippen molar-refractivity contribution in [2.45, 2.75) is 24.8 Å². The van der Waals surface area contributed by atoms with E-state index in [0.717, 1.165) is 6.07 Å². The first-order chi connectivity index (χ1) is 9.29. The summed E-state index contributed by atoms with van der Waals surface area (Å²) in [6, 6.07) is 3.26. The van der Waals surface area contributed by atoms with Gasteiger partial charge in [0.2, 0.25) is 10.0 Å². The van der Waals surface area contributed by atoms with Crippen molar-refractivity contribution in [2.24, 2.45) is 0 Å². The van der Waals surface area contributed by atoms with Gasteiger partial charge < -0.3 is 10.5 Å². The van der Waals surface area contributed by atoms with E-state index >= 15 is 0 Å². The predicted molar refractivity (Wildman–Crippen MR) is 73.8 cm³/mol. The smallest absolute Gasteiger partial charge is 0.312 e. The molecular formula is C11H17N3O5S. The standard InChI is InChI=1S/C11H17N3O5S/c1-3-19-7-8(2)13-20(17,18)10-6-4-5-9(12)11(10)14(15)16/h4-6,8,13H,3,7,12H2,1-2H3. The number of anilines is 1. The van der Waals surface area contributed by atoms with Gasteiger partial charge in [0.15, 0.2) is 4.90 Å². The van der Waals surface area contributed by atoms with Gasteiger partial charge in [0.25, 0.3) is 0 Å². The molecule has 1 rings (SSSR count). The summed E-state index contributed by atoms with van der Waals surface area (Å²) in [6.45, 7) is 4.01. The topological polar surface area (TPSA) is 125 Å². The summed E-state index contributed by atoms with van der Waals surface area (Å²) in [5.74, 6) is 0. The molecule has 9 heteroatoms. The molecule has 0 heterocycles. The Kier molecular flexibility index (Phi) is 5.43. The number of hydrogen-bond donors (Lipinski definition) is 2. The van der Waals surface area contributed by atoms with E-state index < -0.39 is 31.6 Å². The average molecular weight is 303 g/mol. The van der Waals surface area contributed by atoms with Gasteiger partial charge in [0.05, 0.1) is 11.5 Å². The molecule has 3 N–H and O–H groups in total. The number of nitrogens with zero attached hydrogens (tertiary/aromatic N) is 1. The Morgan fingerprint density at radius 2 is 2.15 bits per heavy atom. The van der Waals surface area contributed by atoms with Crippen LogP contribution < -0.4 is 10.5 Å². The van der Waals surface area contributed by atoms with E-state index in [9.17, 15) is 18.5 Å². The van der Waals surface area contributed by atoms with Crippen LogP contribution in [0.5, 0.6) is 0 Å². The van der Waals surface area contributed by atoms with E-state index in [0.29, 0.717) is 6.61 Å². The molecule has 1 unspecified atom stereocenters. The molecule has 1 atom stereocenters. The molecule has 1 aromatic rings. The zero-order valence-corrected chi connectivity index (χ0v) is 12.0. The maximum Gasteiger partial charge on any atom is 0.312 e. The lowest BCUT2D eigenvalue weighted by Gasteiger charge is -2.14. The third-order valence-corrected chi connectivity index (χ3v) is 4.05. The minimum Gasteiger partial charge on any atom is -0.393 e. The van der Waals surface area contributed by atoms with Gasteiger partial charge in [-0.2, -0.15) is 0 Å². The number of ether oxygens (including phenoxy) is 1. The van der Waals surface area contributed by atoms with Crippen molar-refractivity contribution in [1.29, 1.82) is 0 Å². The van der Waals surface area contributed by atoms with Crippen LogP contribution in [0.1, 0.15) is 13.8 Å². The Hall–Kier alpha value is -1.71. The first-order valence-corrected chi connectivity index (χ1v) is 7.40.